The number of nitrogens with two attached hydrogens (primary N) is 1. The van der Waals surface area contributed by atoms with Crippen molar-refractivity contribution in [2.45, 2.75) is 31.8 Å². The molecule has 11 heteroatoms. The Morgan fingerprint density at radius 3 is 2.81 bits per heavy atom. The van der Waals surface area contributed by atoms with Gasteiger partial charge in [-0.05, 0) is 55.0 Å². The summed E-state index contributed by atoms with van der Waals surface area (Å²) in [5.41, 5.74) is 11.1. The maximum absolute atomic E-state index is 13.3. The minimum atomic E-state index is -0.684. The van der Waals surface area contributed by atoms with Gasteiger partial charge in [0.2, 0.25) is 0 Å². The molecule has 2 aromatic carbocycles. The number of alkyl halides is 1. The Kier molecular flexibility index (Phi) is 7.53. The van der Waals surface area contributed by atoms with E-state index in [0.717, 1.165) is 51.3 Å². The third-order valence-electron chi connectivity index (χ3n) is 8.35. The first-order valence-corrected chi connectivity index (χ1v) is 14.4. The molecular weight excluding hydrogens is 539 g/mol. The third-order valence-corrected chi connectivity index (χ3v) is 8.35. The highest BCUT2D eigenvalue weighted by molar-refractivity contribution is 6.01. The average molecular weight is 577 g/mol. The van der Waals surface area contributed by atoms with Gasteiger partial charge in [-0.25, -0.2) is 14.2 Å². The fourth-order valence-corrected chi connectivity index (χ4v) is 5.83. The van der Waals surface area contributed by atoms with Crippen LogP contribution in [0.15, 0.2) is 36.4 Å². The maximum Gasteiger partial charge on any atom is 0.409 e. The molecule has 222 valence electrons. The molecule has 0 radical (unpaired) electrons. The van der Waals surface area contributed by atoms with Crippen LogP contribution >= 0.6 is 0 Å². The molecule has 4 aromatic rings. The van der Waals surface area contributed by atoms with Crippen molar-refractivity contribution in [2.75, 3.05) is 47.1 Å². The van der Waals surface area contributed by atoms with Crippen LogP contribution < -0.4 is 10.5 Å². The van der Waals surface area contributed by atoms with E-state index in [-0.39, 0.29) is 12.5 Å². The number of nitrogens with zero attached hydrogens (tertiary/aromatic N) is 5. The van der Waals surface area contributed by atoms with E-state index in [1.807, 2.05) is 25.2 Å². The second-order valence-corrected chi connectivity index (χ2v) is 11.4. The number of likely N-dealkylation sites (N-methyl/N-ethyl adjacent to an activating group) is 1. The molecule has 0 saturated heterocycles. The van der Waals surface area contributed by atoms with Crippen molar-refractivity contribution in [3.63, 3.8) is 0 Å². The lowest BCUT2D eigenvalue weighted by Gasteiger charge is -2.30. The lowest BCUT2D eigenvalue weighted by molar-refractivity contribution is 0.0725. The van der Waals surface area contributed by atoms with Crippen molar-refractivity contribution < 1.29 is 23.5 Å². The van der Waals surface area contributed by atoms with Gasteiger partial charge >= 0.3 is 6.09 Å². The van der Waals surface area contributed by atoms with Crippen LogP contribution in [0.3, 0.4) is 0 Å². The molecule has 1 atom stereocenters. The highest BCUT2D eigenvalue weighted by atomic mass is 19.1. The first kappa shape index (κ1) is 28.0. The maximum atomic E-state index is 13.3. The summed E-state index contributed by atoms with van der Waals surface area (Å²) in [5.74, 6) is 2.03. The Labute approximate surface area is 243 Å². The zero-order valence-electron chi connectivity index (χ0n) is 24.3. The van der Waals surface area contributed by atoms with Gasteiger partial charge in [-0.1, -0.05) is 12.1 Å². The van der Waals surface area contributed by atoms with Crippen LogP contribution in [0.4, 0.5) is 9.18 Å². The van der Waals surface area contributed by atoms with Crippen LogP contribution in [0.25, 0.3) is 33.5 Å². The second-order valence-electron chi connectivity index (χ2n) is 11.4. The van der Waals surface area contributed by atoms with Crippen molar-refractivity contribution >= 4 is 33.9 Å². The lowest BCUT2D eigenvalue weighted by atomic mass is 9.97. The highest BCUT2D eigenvalue weighted by Crippen LogP contribution is 2.39. The van der Waals surface area contributed by atoms with Crippen LogP contribution in [0.5, 0.6) is 5.75 Å². The number of fused-ring (bicyclic) bond motifs is 3. The molecule has 1 saturated carbocycles. The number of aryl methyl sites for hydroxylation is 1. The van der Waals surface area contributed by atoms with E-state index >= 15 is 0 Å². The molecule has 0 spiro atoms. The topological polar surface area (TPSA) is 108 Å². The van der Waals surface area contributed by atoms with Crippen LogP contribution in [0.1, 0.15) is 28.8 Å². The standard InChI is InChI=1S/C31H37FN6O4/c1-35(31(40)41-3)11-12-42-27-6-4-5-21-14-26(38(28(21)27)17-19-7-8-19)29-34-24-15-23-20(13-25(24)36(29)2)9-10-37(30(23)39)18-22(33)16-32/h4-6,13-15,19,22H,7-12,16-18,33H2,1-3H3. The number of amides is 2. The van der Waals surface area contributed by atoms with Crippen molar-refractivity contribution in [3.05, 3.63) is 47.5 Å². The van der Waals surface area contributed by atoms with Crippen molar-refractivity contribution in [2.24, 2.45) is 18.7 Å². The molecular formula is C31H37FN6O4. The van der Waals surface area contributed by atoms with Gasteiger partial charge in [0.05, 0.1) is 41.9 Å². The van der Waals surface area contributed by atoms with Crippen LogP contribution in [-0.2, 0) is 24.8 Å². The zero-order chi connectivity index (χ0) is 29.5. The lowest BCUT2D eigenvalue weighted by Crippen LogP contribution is -2.45. The predicted octanol–water partition coefficient (Wildman–Crippen LogP) is 3.98. The summed E-state index contributed by atoms with van der Waals surface area (Å²) in [6.07, 6.45) is 2.65. The Bertz CT molecular complexity index is 1660. The smallest absolute Gasteiger partial charge is 0.409 e. The van der Waals surface area contributed by atoms with Gasteiger partial charge in [0.25, 0.3) is 5.91 Å². The number of aromatic nitrogens is 3. The molecule has 42 heavy (non-hydrogen) atoms. The summed E-state index contributed by atoms with van der Waals surface area (Å²) < 4.78 is 28.4. The molecule has 1 fully saturated rings. The number of benzene rings is 2. The summed E-state index contributed by atoms with van der Waals surface area (Å²) in [6.45, 7) is 1.63. The quantitative estimate of drug-likeness (QED) is 0.306. The number of carbonyl (C=O) groups excluding carboxylic acids is 2. The molecule has 2 aromatic heterocycles. The number of hydrogen-bond donors (Lipinski definition) is 1. The van der Waals surface area contributed by atoms with Crippen molar-refractivity contribution in [1.29, 1.82) is 0 Å². The van der Waals surface area contributed by atoms with E-state index in [0.29, 0.717) is 37.6 Å². The van der Waals surface area contributed by atoms with Gasteiger partial charge in [-0.2, -0.15) is 0 Å². The fraction of sp³-hybridized carbons (Fsp3) is 0.452. The number of hydrogen-bond acceptors (Lipinski definition) is 6. The molecule has 1 unspecified atom stereocenters. The van der Waals surface area contributed by atoms with E-state index in [9.17, 15) is 14.0 Å². The zero-order valence-corrected chi connectivity index (χ0v) is 24.3. The molecule has 1 aliphatic carbocycles. The Hall–Kier alpha value is -4.12. The third kappa shape index (κ3) is 5.17. The Morgan fingerprint density at radius 2 is 2.07 bits per heavy atom. The van der Waals surface area contributed by atoms with E-state index < -0.39 is 18.8 Å². The molecule has 2 amide bonds. The van der Waals surface area contributed by atoms with Gasteiger partial charge in [-0.3, -0.25) is 4.79 Å². The first-order valence-electron chi connectivity index (χ1n) is 14.4. The fourth-order valence-electron chi connectivity index (χ4n) is 5.83. The largest absolute Gasteiger partial charge is 0.490 e. The summed E-state index contributed by atoms with van der Waals surface area (Å²) >= 11 is 0. The SMILES string of the molecule is COC(=O)N(C)CCOc1cccc2cc(-c3nc4cc5c(cc4n3C)CCN(CC(N)CF)C5=O)n(CC3CC3)c12. The van der Waals surface area contributed by atoms with Crippen LogP contribution in [0.2, 0.25) is 0 Å². The number of methoxy groups -OCH3 is 1. The monoisotopic (exact) mass is 576 g/mol. The minimum Gasteiger partial charge on any atom is -0.490 e. The van der Waals surface area contributed by atoms with E-state index in [2.05, 4.69) is 27.3 Å². The number of imidazole rings is 1. The van der Waals surface area contributed by atoms with Gasteiger partial charge in [-0.15, -0.1) is 0 Å². The van der Waals surface area contributed by atoms with Gasteiger partial charge < -0.3 is 34.1 Å². The van der Waals surface area contributed by atoms with Crippen molar-refractivity contribution in [3.8, 4) is 17.3 Å². The number of ether oxygens (including phenoxy) is 2. The normalized spacial score (nSPS) is 15.7. The summed E-state index contributed by atoms with van der Waals surface area (Å²) in [6, 6.07) is 11.4. The van der Waals surface area contributed by atoms with Crippen LogP contribution in [0, 0.1) is 5.92 Å². The number of para-hydroxylation sites is 1. The summed E-state index contributed by atoms with van der Waals surface area (Å²) in [4.78, 5) is 33.2. The molecule has 0 bridgehead atoms. The average Bonchev–Trinajstić information content (AvgIpc) is 3.67. The molecule has 3 heterocycles. The predicted molar refractivity (Wildman–Crippen MR) is 158 cm³/mol. The highest BCUT2D eigenvalue weighted by Gasteiger charge is 2.29. The van der Waals surface area contributed by atoms with Crippen LogP contribution in [-0.4, -0.2) is 89.0 Å². The van der Waals surface area contributed by atoms with E-state index in [4.69, 9.17) is 20.2 Å². The first-order chi connectivity index (χ1) is 20.3. The second kappa shape index (κ2) is 11.3. The molecule has 2 N–H and O–H groups in total. The van der Waals surface area contributed by atoms with Crippen molar-refractivity contribution in [1.82, 2.24) is 23.9 Å². The number of halogens is 1. The number of carbonyl (C=O) groups is 2. The Balaban J connectivity index is 1.37. The van der Waals surface area contributed by atoms with Gasteiger partial charge in [0.1, 0.15) is 19.0 Å². The van der Waals surface area contributed by atoms with Gasteiger partial charge in [0, 0.05) is 44.7 Å². The minimum absolute atomic E-state index is 0.128. The van der Waals surface area contributed by atoms with E-state index in [1.165, 1.54) is 24.9 Å². The molecule has 1 aliphatic heterocycles. The number of rotatable bonds is 10. The summed E-state index contributed by atoms with van der Waals surface area (Å²) in [5, 5.41) is 1.05. The van der Waals surface area contributed by atoms with E-state index in [1.54, 1.807) is 11.9 Å². The molecule has 6 rings (SSSR count). The summed E-state index contributed by atoms with van der Waals surface area (Å²) in [7, 11) is 5.05. The molecule has 10 nitrogen and oxygen atoms in total. The molecule has 2 aliphatic rings. The van der Waals surface area contributed by atoms with Gasteiger partial charge in [0.15, 0.2) is 5.82 Å². The Morgan fingerprint density at radius 1 is 1.26 bits per heavy atom.